The van der Waals surface area contributed by atoms with Crippen molar-refractivity contribution in [3.8, 4) is 0 Å². The first-order chi connectivity index (χ1) is 11.6. The van der Waals surface area contributed by atoms with Crippen LogP contribution >= 0.6 is 0 Å². The van der Waals surface area contributed by atoms with Crippen LogP contribution in [0.5, 0.6) is 0 Å². The number of rotatable bonds is 9. The highest BCUT2D eigenvalue weighted by Gasteiger charge is 2.30. The van der Waals surface area contributed by atoms with Crippen molar-refractivity contribution < 1.29 is 13.2 Å². The lowest BCUT2D eigenvalue weighted by atomic mass is 9.94. The largest absolute Gasteiger partial charge is 0.342 e. The highest BCUT2D eigenvalue weighted by Crippen LogP contribution is 2.24. The van der Waals surface area contributed by atoms with Crippen LogP contribution in [0.15, 0.2) is 29.2 Å². The first-order valence-corrected chi connectivity index (χ1v) is 10.0. The molecule has 7 heteroatoms. The van der Waals surface area contributed by atoms with Gasteiger partial charge < -0.3 is 10.6 Å². The fourth-order valence-electron chi connectivity index (χ4n) is 2.49. The summed E-state index contributed by atoms with van der Waals surface area (Å²) in [6.07, 6.45) is 1.84. The first kappa shape index (κ1) is 21.6. The van der Waals surface area contributed by atoms with Gasteiger partial charge in [-0.15, -0.1) is 0 Å². The van der Waals surface area contributed by atoms with Gasteiger partial charge in [-0.1, -0.05) is 39.3 Å². The highest BCUT2D eigenvalue weighted by atomic mass is 32.2. The maximum Gasteiger partial charge on any atom is 0.254 e. The number of benzene rings is 1. The zero-order chi connectivity index (χ0) is 19.3. The molecule has 1 rings (SSSR count). The molecule has 6 nitrogen and oxygen atoms in total. The predicted molar refractivity (Wildman–Crippen MR) is 101 cm³/mol. The van der Waals surface area contributed by atoms with Gasteiger partial charge in [0.05, 0.1) is 10.5 Å². The molecule has 0 bridgehead atoms. The second-order valence-electron chi connectivity index (χ2n) is 7.21. The number of unbranched alkanes of at least 4 members (excludes halogenated alkanes) is 1. The fourth-order valence-corrected chi connectivity index (χ4v) is 4.03. The zero-order valence-electron chi connectivity index (χ0n) is 15.9. The molecule has 0 aromatic heterocycles. The van der Waals surface area contributed by atoms with Crippen LogP contribution in [0, 0.1) is 5.41 Å². The van der Waals surface area contributed by atoms with Gasteiger partial charge in [-0.2, -0.15) is 0 Å². The number of amides is 1. The molecule has 1 aromatic carbocycles. The van der Waals surface area contributed by atoms with E-state index in [2.05, 4.69) is 0 Å². The third-order valence-corrected chi connectivity index (χ3v) is 6.06. The number of hydrogen-bond donors (Lipinski definition) is 1. The maximum atomic E-state index is 13.0. The Hall–Kier alpha value is -1.44. The van der Waals surface area contributed by atoms with E-state index in [0.717, 1.165) is 12.8 Å². The van der Waals surface area contributed by atoms with E-state index < -0.39 is 10.0 Å². The van der Waals surface area contributed by atoms with Gasteiger partial charge in [-0.05, 0) is 30.5 Å². The van der Waals surface area contributed by atoms with E-state index in [4.69, 9.17) is 5.73 Å². The molecule has 0 aliphatic rings. The number of hydrogen-bond acceptors (Lipinski definition) is 4. The van der Waals surface area contributed by atoms with Gasteiger partial charge in [-0.3, -0.25) is 4.79 Å². The number of carbonyl (C=O) groups is 1. The Morgan fingerprint density at radius 1 is 1.20 bits per heavy atom. The summed E-state index contributed by atoms with van der Waals surface area (Å²) in [5, 5.41) is 0. The standard InChI is InChI=1S/C18H31N3O3S/c1-6-7-12-20(4)17(22)15-10-8-9-11-16(15)25(23,24)21(5)14-18(2,3)13-19/h8-11H,6-7,12-14,19H2,1-5H3. The van der Waals surface area contributed by atoms with E-state index >= 15 is 0 Å². The normalized spacial score (nSPS) is 12.4. The van der Waals surface area contributed by atoms with Crippen molar-refractivity contribution in [2.75, 3.05) is 33.7 Å². The van der Waals surface area contributed by atoms with E-state index in [9.17, 15) is 13.2 Å². The summed E-state index contributed by atoms with van der Waals surface area (Å²) in [7, 11) is -0.562. The number of carbonyl (C=O) groups excluding carboxylic acids is 1. The second-order valence-corrected chi connectivity index (χ2v) is 9.22. The third kappa shape index (κ3) is 5.52. The Bertz CT molecular complexity index is 687. The highest BCUT2D eigenvalue weighted by molar-refractivity contribution is 7.89. The van der Waals surface area contributed by atoms with Gasteiger partial charge in [0.2, 0.25) is 10.0 Å². The van der Waals surface area contributed by atoms with Crippen LogP contribution < -0.4 is 5.73 Å². The molecule has 25 heavy (non-hydrogen) atoms. The minimum atomic E-state index is -3.78. The lowest BCUT2D eigenvalue weighted by Crippen LogP contribution is -2.40. The average molecular weight is 370 g/mol. The van der Waals surface area contributed by atoms with Crippen molar-refractivity contribution in [1.82, 2.24) is 9.21 Å². The average Bonchev–Trinajstić information content (AvgIpc) is 2.58. The lowest BCUT2D eigenvalue weighted by Gasteiger charge is -2.29. The van der Waals surface area contributed by atoms with E-state index in [1.54, 1.807) is 30.1 Å². The number of nitrogens with two attached hydrogens (primary N) is 1. The van der Waals surface area contributed by atoms with Gasteiger partial charge in [0.25, 0.3) is 5.91 Å². The second kappa shape index (κ2) is 8.78. The minimum Gasteiger partial charge on any atom is -0.342 e. The molecule has 0 aliphatic carbocycles. The monoisotopic (exact) mass is 369 g/mol. The van der Waals surface area contributed by atoms with E-state index in [1.165, 1.54) is 17.4 Å². The minimum absolute atomic E-state index is 0.0404. The molecule has 1 amide bonds. The van der Waals surface area contributed by atoms with Crippen LogP contribution in [-0.2, 0) is 10.0 Å². The van der Waals surface area contributed by atoms with Crippen LogP contribution in [0.2, 0.25) is 0 Å². The Morgan fingerprint density at radius 2 is 1.80 bits per heavy atom. The maximum absolute atomic E-state index is 13.0. The lowest BCUT2D eigenvalue weighted by molar-refractivity contribution is 0.0789. The fraction of sp³-hybridized carbons (Fsp3) is 0.611. The van der Waals surface area contributed by atoms with Crippen molar-refractivity contribution in [3.05, 3.63) is 29.8 Å². The summed E-state index contributed by atoms with van der Waals surface area (Å²) in [4.78, 5) is 14.3. The van der Waals surface area contributed by atoms with Crippen molar-refractivity contribution in [2.24, 2.45) is 11.1 Å². The van der Waals surface area contributed by atoms with Gasteiger partial charge in [0, 0.05) is 27.2 Å². The predicted octanol–water partition coefficient (Wildman–Crippen LogP) is 2.16. The molecular formula is C18H31N3O3S. The molecule has 0 aliphatic heterocycles. The zero-order valence-corrected chi connectivity index (χ0v) is 16.8. The SMILES string of the molecule is CCCCN(C)C(=O)c1ccccc1S(=O)(=O)N(C)CC(C)(C)CN. The smallest absolute Gasteiger partial charge is 0.254 e. The first-order valence-electron chi connectivity index (χ1n) is 8.57. The molecule has 0 heterocycles. The molecule has 142 valence electrons. The van der Waals surface area contributed by atoms with Crippen molar-refractivity contribution in [3.63, 3.8) is 0 Å². The summed E-state index contributed by atoms with van der Waals surface area (Å²) < 4.78 is 27.3. The van der Waals surface area contributed by atoms with Gasteiger partial charge >= 0.3 is 0 Å². The molecule has 0 fully saturated rings. The van der Waals surface area contributed by atoms with E-state index in [-0.39, 0.29) is 28.3 Å². The Labute approximate surface area is 152 Å². The summed E-state index contributed by atoms with van der Waals surface area (Å²) >= 11 is 0. The van der Waals surface area contributed by atoms with Crippen molar-refractivity contribution in [2.45, 2.75) is 38.5 Å². The van der Waals surface area contributed by atoms with Crippen LogP contribution in [0.1, 0.15) is 44.0 Å². The van der Waals surface area contributed by atoms with Crippen LogP contribution in [0.4, 0.5) is 0 Å². The Balaban J connectivity index is 3.19. The van der Waals surface area contributed by atoms with Crippen LogP contribution in [0.3, 0.4) is 0 Å². The van der Waals surface area contributed by atoms with E-state index in [1.807, 2.05) is 20.8 Å². The summed E-state index contributed by atoms with van der Waals surface area (Å²) in [6, 6.07) is 6.38. The van der Waals surface area contributed by atoms with E-state index in [0.29, 0.717) is 13.1 Å². The number of sulfonamides is 1. The molecule has 0 saturated heterocycles. The molecule has 0 unspecified atom stereocenters. The Kier molecular flexibility index (Phi) is 7.59. The van der Waals surface area contributed by atoms with Gasteiger partial charge in [0.1, 0.15) is 0 Å². The van der Waals surface area contributed by atoms with Crippen molar-refractivity contribution in [1.29, 1.82) is 0 Å². The Morgan fingerprint density at radius 3 is 2.36 bits per heavy atom. The van der Waals surface area contributed by atoms with Gasteiger partial charge in [-0.25, -0.2) is 12.7 Å². The molecular weight excluding hydrogens is 338 g/mol. The molecule has 0 radical (unpaired) electrons. The summed E-state index contributed by atoms with van der Waals surface area (Å²) in [6.45, 7) is 7.11. The van der Waals surface area contributed by atoms with Gasteiger partial charge in [0.15, 0.2) is 0 Å². The molecule has 1 aromatic rings. The topological polar surface area (TPSA) is 83.7 Å². The third-order valence-electron chi connectivity index (χ3n) is 4.20. The molecule has 2 N–H and O–H groups in total. The van der Waals surface area contributed by atoms with Crippen LogP contribution in [0.25, 0.3) is 0 Å². The molecule has 0 spiro atoms. The van der Waals surface area contributed by atoms with Crippen molar-refractivity contribution >= 4 is 15.9 Å². The summed E-state index contributed by atoms with van der Waals surface area (Å²) in [5.41, 5.74) is 5.58. The number of nitrogens with zero attached hydrogens (tertiary/aromatic N) is 2. The molecule has 0 atom stereocenters. The summed E-state index contributed by atoms with van der Waals surface area (Å²) in [5.74, 6) is -0.279. The molecule has 0 saturated carbocycles. The van der Waals surface area contributed by atoms with Crippen LogP contribution in [-0.4, -0.2) is 57.3 Å². The quantitative estimate of drug-likeness (QED) is 0.723.